The molecule has 1 unspecified atom stereocenters. The third-order valence-electron chi connectivity index (χ3n) is 5.02. The molecule has 0 radical (unpaired) electrons. The van der Waals surface area contributed by atoms with Crippen LogP contribution in [0.3, 0.4) is 0 Å². The lowest BCUT2D eigenvalue weighted by Crippen LogP contribution is -2.31. The quantitative estimate of drug-likeness (QED) is 0.417. The summed E-state index contributed by atoms with van der Waals surface area (Å²) >= 11 is 0. The first-order valence-corrected chi connectivity index (χ1v) is 11.8. The molecule has 8 nitrogen and oxygen atoms in total. The van der Waals surface area contributed by atoms with Crippen LogP contribution in [0.5, 0.6) is 0 Å². The second-order valence-corrected chi connectivity index (χ2v) is 9.24. The van der Waals surface area contributed by atoms with Gasteiger partial charge in [0.25, 0.3) is 15.9 Å². The Balaban J connectivity index is 1.56. The third kappa shape index (κ3) is 5.64. The molecule has 4 rings (SSSR count). The molecule has 0 aliphatic rings. The average Bonchev–Trinajstić information content (AvgIpc) is 3.32. The molecule has 1 amide bonds. The van der Waals surface area contributed by atoms with E-state index in [-0.39, 0.29) is 16.5 Å². The Labute approximate surface area is 192 Å². The predicted molar refractivity (Wildman–Crippen MR) is 125 cm³/mol. The molecule has 4 aromatic rings. The van der Waals surface area contributed by atoms with Crippen molar-refractivity contribution >= 4 is 21.6 Å². The van der Waals surface area contributed by atoms with Crippen LogP contribution >= 0.6 is 0 Å². The minimum absolute atomic E-state index is 0.00388. The van der Waals surface area contributed by atoms with E-state index in [4.69, 9.17) is 0 Å². The molecule has 2 N–H and O–H groups in total. The van der Waals surface area contributed by atoms with Crippen LogP contribution < -0.4 is 10.0 Å². The van der Waals surface area contributed by atoms with Gasteiger partial charge in [-0.25, -0.2) is 13.4 Å². The van der Waals surface area contributed by atoms with Gasteiger partial charge in [0, 0.05) is 11.3 Å². The fourth-order valence-electron chi connectivity index (χ4n) is 3.40. The molecule has 0 aliphatic heterocycles. The molecule has 9 heteroatoms. The SMILES string of the molecule is Cc1cccc(NS(=O)(=O)c2cccc(C(=O)NC(Cn3cncn3)c3ccccc3)c2)c1. The van der Waals surface area contributed by atoms with E-state index in [0.717, 1.165) is 11.1 Å². The second-order valence-electron chi connectivity index (χ2n) is 7.56. The van der Waals surface area contributed by atoms with E-state index in [1.165, 1.54) is 18.5 Å². The lowest BCUT2D eigenvalue weighted by atomic mass is 10.1. The summed E-state index contributed by atoms with van der Waals surface area (Å²) in [5.41, 5.74) is 2.53. The highest BCUT2D eigenvalue weighted by molar-refractivity contribution is 7.92. The number of carbonyl (C=O) groups excluding carboxylic acids is 1. The zero-order valence-corrected chi connectivity index (χ0v) is 18.7. The molecular weight excluding hydrogens is 438 g/mol. The number of anilines is 1. The number of nitrogens with zero attached hydrogens (tertiary/aromatic N) is 3. The number of hydrogen-bond donors (Lipinski definition) is 2. The molecule has 0 saturated heterocycles. The van der Waals surface area contributed by atoms with E-state index in [0.29, 0.717) is 12.2 Å². The van der Waals surface area contributed by atoms with Gasteiger partial charge in [-0.3, -0.25) is 14.2 Å². The van der Waals surface area contributed by atoms with Crippen molar-refractivity contribution in [1.29, 1.82) is 0 Å². The van der Waals surface area contributed by atoms with E-state index in [1.54, 1.807) is 41.3 Å². The molecule has 0 bridgehead atoms. The number of benzene rings is 3. The molecule has 1 aromatic heterocycles. The Bertz CT molecular complexity index is 1340. The summed E-state index contributed by atoms with van der Waals surface area (Å²) < 4.78 is 30.0. The summed E-state index contributed by atoms with van der Waals surface area (Å²) in [4.78, 5) is 17.0. The first-order chi connectivity index (χ1) is 15.9. The average molecular weight is 462 g/mol. The Morgan fingerprint density at radius 2 is 1.79 bits per heavy atom. The molecule has 3 aromatic carbocycles. The number of sulfonamides is 1. The maximum atomic E-state index is 13.1. The summed E-state index contributed by atoms with van der Waals surface area (Å²) in [5.74, 6) is -0.392. The molecular formula is C24H23N5O3S. The van der Waals surface area contributed by atoms with E-state index < -0.39 is 15.9 Å². The van der Waals surface area contributed by atoms with Gasteiger partial charge in [0.15, 0.2) is 0 Å². The topological polar surface area (TPSA) is 106 Å². The van der Waals surface area contributed by atoms with Crippen molar-refractivity contribution < 1.29 is 13.2 Å². The monoisotopic (exact) mass is 461 g/mol. The van der Waals surface area contributed by atoms with Gasteiger partial charge in [0.1, 0.15) is 12.7 Å². The Morgan fingerprint density at radius 3 is 2.52 bits per heavy atom. The Morgan fingerprint density at radius 1 is 1.00 bits per heavy atom. The lowest BCUT2D eigenvalue weighted by Gasteiger charge is -2.19. The summed E-state index contributed by atoms with van der Waals surface area (Å²) in [6, 6.07) is 22.1. The van der Waals surface area contributed by atoms with Crippen LogP contribution in [0.4, 0.5) is 5.69 Å². The zero-order valence-electron chi connectivity index (χ0n) is 17.9. The van der Waals surface area contributed by atoms with Crippen molar-refractivity contribution in [2.45, 2.75) is 24.4 Å². The number of hydrogen-bond acceptors (Lipinski definition) is 5. The van der Waals surface area contributed by atoms with Gasteiger partial charge < -0.3 is 5.32 Å². The fourth-order valence-corrected chi connectivity index (χ4v) is 4.50. The minimum Gasteiger partial charge on any atom is -0.343 e. The lowest BCUT2D eigenvalue weighted by molar-refractivity contribution is 0.0931. The third-order valence-corrected chi connectivity index (χ3v) is 6.40. The van der Waals surface area contributed by atoms with Crippen molar-refractivity contribution in [3.05, 3.63) is 108 Å². The van der Waals surface area contributed by atoms with Crippen LogP contribution in [0, 0.1) is 6.92 Å². The molecule has 1 atom stereocenters. The summed E-state index contributed by atoms with van der Waals surface area (Å²) in [7, 11) is -3.86. The van der Waals surface area contributed by atoms with Gasteiger partial charge in [-0.2, -0.15) is 5.10 Å². The van der Waals surface area contributed by atoms with Gasteiger partial charge >= 0.3 is 0 Å². The molecule has 33 heavy (non-hydrogen) atoms. The van der Waals surface area contributed by atoms with Gasteiger partial charge in [-0.05, 0) is 48.4 Å². The summed E-state index contributed by atoms with van der Waals surface area (Å²) in [6.07, 6.45) is 3.01. The van der Waals surface area contributed by atoms with Gasteiger partial charge in [-0.1, -0.05) is 48.5 Å². The molecule has 0 aliphatic carbocycles. The van der Waals surface area contributed by atoms with E-state index in [9.17, 15) is 13.2 Å². The number of aryl methyl sites for hydroxylation is 1. The van der Waals surface area contributed by atoms with Crippen molar-refractivity contribution in [1.82, 2.24) is 20.1 Å². The zero-order chi connectivity index (χ0) is 23.3. The second kappa shape index (κ2) is 9.66. The number of carbonyl (C=O) groups is 1. The van der Waals surface area contributed by atoms with E-state index in [1.807, 2.05) is 43.3 Å². The van der Waals surface area contributed by atoms with E-state index >= 15 is 0 Å². The summed E-state index contributed by atoms with van der Waals surface area (Å²) in [6.45, 7) is 2.26. The standard InChI is InChI=1S/C24H23N5O3S/c1-18-7-5-11-21(13-18)28-33(31,32)22-12-6-10-20(14-22)24(30)27-23(15-29-17-25-16-26-29)19-8-3-2-4-9-19/h2-14,16-17,23,28H,15H2,1H3,(H,27,30). The van der Waals surface area contributed by atoms with Crippen LogP contribution in [0.2, 0.25) is 0 Å². The number of aromatic nitrogens is 3. The highest BCUT2D eigenvalue weighted by atomic mass is 32.2. The molecule has 1 heterocycles. The smallest absolute Gasteiger partial charge is 0.261 e. The fraction of sp³-hybridized carbons (Fsp3) is 0.125. The van der Waals surface area contributed by atoms with Crippen molar-refractivity contribution in [3.8, 4) is 0 Å². The van der Waals surface area contributed by atoms with Gasteiger partial charge in [0.05, 0.1) is 17.5 Å². The van der Waals surface area contributed by atoms with Crippen molar-refractivity contribution in [3.63, 3.8) is 0 Å². The van der Waals surface area contributed by atoms with Crippen LogP contribution in [0.25, 0.3) is 0 Å². The molecule has 168 valence electrons. The number of rotatable bonds is 8. The maximum Gasteiger partial charge on any atom is 0.261 e. The van der Waals surface area contributed by atoms with Gasteiger partial charge in [0.2, 0.25) is 0 Å². The van der Waals surface area contributed by atoms with Crippen LogP contribution in [0.15, 0.2) is 96.4 Å². The maximum absolute atomic E-state index is 13.1. The predicted octanol–water partition coefficient (Wildman–Crippen LogP) is 3.56. The van der Waals surface area contributed by atoms with Crippen LogP contribution in [0.1, 0.15) is 27.5 Å². The van der Waals surface area contributed by atoms with Crippen LogP contribution in [-0.4, -0.2) is 29.1 Å². The normalized spacial score (nSPS) is 12.2. The van der Waals surface area contributed by atoms with E-state index in [2.05, 4.69) is 20.1 Å². The Kier molecular flexibility index (Phi) is 6.50. The van der Waals surface area contributed by atoms with Gasteiger partial charge in [-0.15, -0.1) is 0 Å². The first-order valence-electron chi connectivity index (χ1n) is 10.3. The molecule has 0 fully saturated rings. The summed E-state index contributed by atoms with van der Waals surface area (Å²) in [5, 5.41) is 7.10. The minimum atomic E-state index is -3.86. The highest BCUT2D eigenvalue weighted by Crippen LogP contribution is 2.20. The highest BCUT2D eigenvalue weighted by Gasteiger charge is 2.20. The first kappa shape index (κ1) is 22.2. The van der Waals surface area contributed by atoms with Crippen molar-refractivity contribution in [2.24, 2.45) is 0 Å². The number of amides is 1. The Hall–Kier alpha value is -3.98. The molecule has 0 saturated carbocycles. The largest absolute Gasteiger partial charge is 0.343 e. The van der Waals surface area contributed by atoms with Crippen molar-refractivity contribution in [2.75, 3.05) is 4.72 Å². The van der Waals surface area contributed by atoms with Crippen LogP contribution in [-0.2, 0) is 16.6 Å². The molecule has 0 spiro atoms. The number of nitrogens with one attached hydrogen (secondary N) is 2.